The van der Waals surface area contributed by atoms with Crippen LogP contribution in [-0.2, 0) is 0 Å². The Morgan fingerprint density at radius 2 is 2.60 bits per heavy atom. The fourth-order valence-corrected chi connectivity index (χ4v) is 1.09. The molecule has 2 heteroatoms. The molecular weight excluding hydrogens is 126 g/mol. The van der Waals surface area contributed by atoms with Gasteiger partial charge < -0.3 is 5.11 Å². The maximum atomic E-state index is 9.10. The summed E-state index contributed by atoms with van der Waals surface area (Å²) in [6.07, 6.45) is 5.58. The predicted octanol–water partition coefficient (Wildman–Crippen LogP) is 1.93. The Labute approximate surface area is 61.3 Å². The first-order chi connectivity index (χ1) is 4.83. The lowest BCUT2D eigenvalue weighted by atomic mass is 10.0. The summed E-state index contributed by atoms with van der Waals surface area (Å²) in [7, 11) is 0. The molecule has 0 amide bonds. The molecule has 1 rings (SSSR count). The molecule has 1 heterocycles. The topological polar surface area (TPSA) is 32.6 Å². The zero-order valence-electron chi connectivity index (χ0n) is 6.25. The molecule has 10 heavy (non-hydrogen) atoms. The summed E-state index contributed by atoms with van der Waals surface area (Å²) in [6, 6.07) is 0. The first-order valence-corrected chi connectivity index (χ1v) is 3.73. The maximum absolute atomic E-state index is 9.10. The first-order valence-electron chi connectivity index (χ1n) is 3.73. The lowest BCUT2D eigenvalue weighted by molar-refractivity contribution is 0.436. The minimum atomic E-state index is 0.323. The van der Waals surface area contributed by atoms with Crippen molar-refractivity contribution in [3.05, 3.63) is 11.8 Å². The van der Waals surface area contributed by atoms with Gasteiger partial charge in [0.15, 0.2) is 0 Å². The molecular formula is C8H13NO. The highest BCUT2D eigenvalue weighted by molar-refractivity contribution is 5.75. The van der Waals surface area contributed by atoms with E-state index in [0.29, 0.717) is 11.7 Å². The average Bonchev–Trinajstić information content (AvgIpc) is 2.13. The highest BCUT2D eigenvalue weighted by Crippen LogP contribution is 2.13. The molecule has 0 saturated heterocycles. The molecule has 1 atom stereocenters. The molecule has 0 aromatic heterocycles. The van der Waals surface area contributed by atoms with Crippen molar-refractivity contribution in [3.63, 3.8) is 0 Å². The Morgan fingerprint density at radius 1 is 1.80 bits per heavy atom. The molecule has 0 aromatic carbocycles. The van der Waals surface area contributed by atoms with E-state index in [-0.39, 0.29) is 0 Å². The summed E-state index contributed by atoms with van der Waals surface area (Å²) in [6.45, 7) is 2.97. The third kappa shape index (κ3) is 1.87. The van der Waals surface area contributed by atoms with E-state index in [4.69, 9.17) is 5.11 Å². The van der Waals surface area contributed by atoms with E-state index in [9.17, 15) is 0 Å². The number of nitrogens with zero attached hydrogens (tertiary/aromatic N) is 1. The first kappa shape index (κ1) is 7.32. The summed E-state index contributed by atoms with van der Waals surface area (Å²) >= 11 is 0. The Kier molecular flexibility index (Phi) is 2.49. The van der Waals surface area contributed by atoms with Crippen LogP contribution < -0.4 is 0 Å². The standard InChI is InChI=1S/C8H13NO/c1-2-7-3-4-9-6-8(10)5-7/h5-7,10H,2-4H2,1H3. The highest BCUT2D eigenvalue weighted by atomic mass is 16.3. The third-order valence-electron chi connectivity index (χ3n) is 1.78. The fraction of sp³-hybridized carbons (Fsp3) is 0.625. The summed E-state index contributed by atoms with van der Waals surface area (Å²) in [5.41, 5.74) is 0. The SMILES string of the molecule is CCC1C=C(O)C=NCC1. The minimum Gasteiger partial charge on any atom is -0.507 e. The van der Waals surface area contributed by atoms with Gasteiger partial charge >= 0.3 is 0 Å². The van der Waals surface area contributed by atoms with Gasteiger partial charge in [-0.25, -0.2) is 0 Å². The molecule has 0 aliphatic carbocycles. The lowest BCUT2D eigenvalue weighted by Gasteiger charge is -2.04. The molecule has 0 fully saturated rings. The summed E-state index contributed by atoms with van der Waals surface area (Å²) in [4.78, 5) is 4.01. The van der Waals surface area contributed by atoms with Gasteiger partial charge in [-0.1, -0.05) is 6.92 Å². The van der Waals surface area contributed by atoms with Crippen molar-refractivity contribution in [1.82, 2.24) is 0 Å². The average molecular weight is 139 g/mol. The number of allylic oxidation sites excluding steroid dienone is 2. The van der Waals surface area contributed by atoms with Gasteiger partial charge in [0, 0.05) is 6.54 Å². The molecule has 0 spiro atoms. The Bertz CT molecular complexity index is 161. The molecule has 0 radical (unpaired) electrons. The van der Waals surface area contributed by atoms with Gasteiger partial charge in [0.1, 0.15) is 5.76 Å². The zero-order valence-corrected chi connectivity index (χ0v) is 6.25. The van der Waals surface area contributed by atoms with Crippen LogP contribution in [-0.4, -0.2) is 17.9 Å². The van der Waals surface area contributed by atoms with Crippen LogP contribution in [0.25, 0.3) is 0 Å². The molecule has 56 valence electrons. The van der Waals surface area contributed by atoms with Crippen LogP contribution in [0.5, 0.6) is 0 Å². The Morgan fingerprint density at radius 3 is 3.30 bits per heavy atom. The third-order valence-corrected chi connectivity index (χ3v) is 1.78. The van der Waals surface area contributed by atoms with Crippen molar-refractivity contribution >= 4 is 6.21 Å². The molecule has 1 N–H and O–H groups in total. The van der Waals surface area contributed by atoms with Crippen molar-refractivity contribution in [1.29, 1.82) is 0 Å². The van der Waals surface area contributed by atoms with E-state index >= 15 is 0 Å². The van der Waals surface area contributed by atoms with Crippen LogP contribution in [0.3, 0.4) is 0 Å². The second-order valence-electron chi connectivity index (χ2n) is 2.58. The van der Waals surface area contributed by atoms with Crippen molar-refractivity contribution in [2.75, 3.05) is 6.54 Å². The molecule has 0 bridgehead atoms. The van der Waals surface area contributed by atoms with E-state index in [1.165, 1.54) is 6.21 Å². The van der Waals surface area contributed by atoms with Crippen LogP contribution in [0, 0.1) is 5.92 Å². The van der Waals surface area contributed by atoms with Crippen LogP contribution in [0.1, 0.15) is 19.8 Å². The minimum absolute atomic E-state index is 0.323. The molecule has 2 nitrogen and oxygen atoms in total. The fourth-order valence-electron chi connectivity index (χ4n) is 1.09. The van der Waals surface area contributed by atoms with E-state index in [1.54, 1.807) is 0 Å². The highest BCUT2D eigenvalue weighted by Gasteiger charge is 2.05. The van der Waals surface area contributed by atoms with Crippen molar-refractivity contribution in [2.45, 2.75) is 19.8 Å². The van der Waals surface area contributed by atoms with Crippen LogP contribution in [0.2, 0.25) is 0 Å². The quantitative estimate of drug-likeness (QED) is 0.591. The van der Waals surface area contributed by atoms with Gasteiger partial charge in [-0.3, -0.25) is 4.99 Å². The second-order valence-corrected chi connectivity index (χ2v) is 2.58. The molecule has 0 saturated carbocycles. The summed E-state index contributed by atoms with van der Waals surface area (Å²) in [5, 5.41) is 9.10. The number of aliphatic imine (C=N–C) groups is 1. The Balaban J connectivity index is 2.58. The normalized spacial score (nSPS) is 25.7. The number of aliphatic hydroxyl groups is 1. The van der Waals surface area contributed by atoms with Gasteiger partial charge in [0.25, 0.3) is 0 Å². The van der Waals surface area contributed by atoms with Gasteiger partial charge in [-0.05, 0) is 24.8 Å². The molecule has 1 aliphatic rings. The van der Waals surface area contributed by atoms with Gasteiger partial charge in [-0.2, -0.15) is 0 Å². The van der Waals surface area contributed by atoms with Gasteiger partial charge in [-0.15, -0.1) is 0 Å². The van der Waals surface area contributed by atoms with Crippen LogP contribution in [0.15, 0.2) is 16.8 Å². The summed E-state index contributed by atoms with van der Waals surface area (Å²) in [5.74, 6) is 0.840. The monoisotopic (exact) mass is 139 g/mol. The number of hydrogen-bond donors (Lipinski definition) is 1. The van der Waals surface area contributed by atoms with Crippen molar-refractivity contribution < 1.29 is 5.11 Å². The van der Waals surface area contributed by atoms with E-state index in [1.807, 2.05) is 6.08 Å². The largest absolute Gasteiger partial charge is 0.507 e. The lowest BCUT2D eigenvalue weighted by Crippen LogP contribution is -1.95. The molecule has 1 aliphatic heterocycles. The second kappa shape index (κ2) is 3.40. The summed E-state index contributed by atoms with van der Waals surface area (Å²) < 4.78 is 0. The van der Waals surface area contributed by atoms with Crippen LogP contribution >= 0.6 is 0 Å². The van der Waals surface area contributed by atoms with E-state index < -0.39 is 0 Å². The smallest absolute Gasteiger partial charge is 0.129 e. The zero-order chi connectivity index (χ0) is 7.40. The van der Waals surface area contributed by atoms with Crippen molar-refractivity contribution in [2.24, 2.45) is 10.9 Å². The van der Waals surface area contributed by atoms with E-state index in [0.717, 1.165) is 19.4 Å². The number of rotatable bonds is 1. The van der Waals surface area contributed by atoms with E-state index in [2.05, 4.69) is 11.9 Å². The van der Waals surface area contributed by atoms with Crippen molar-refractivity contribution in [3.8, 4) is 0 Å². The van der Waals surface area contributed by atoms with Crippen LogP contribution in [0.4, 0.5) is 0 Å². The molecule has 0 aromatic rings. The van der Waals surface area contributed by atoms with Gasteiger partial charge in [0.2, 0.25) is 0 Å². The number of aliphatic hydroxyl groups excluding tert-OH is 1. The predicted molar refractivity (Wildman–Crippen MR) is 42.5 cm³/mol. The van der Waals surface area contributed by atoms with Gasteiger partial charge in [0.05, 0.1) is 6.21 Å². The maximum Gasteiger partial charge on any atom is 0.129 e. The number of hydrogen-bond acceptors (Lipinski definition) is 2. The Hall–Kier alpha value is -0.790. The molecule has 1 unspecified atom stereocenters.